The number of nitrogens with one attached hydrogen (secondary N) is 2. The Balaban J connectivity index is 1.94. The number of aryl methyl sites for hydroxylation is 1. The molecule has 4 N–H and O–H groups in total. The minimum Gasteiger partial charge on any atom is -0.374 e. The lowest BCUT2D eigenvalue weighted by Gasteiger charge is -2.15. The van der Waals surface area contributed by atoms with Gasteiger partial charge >= 0.3 is 0 Å². The van der Waals surface area contributed by atoms with Gasteiger partial charge in [-0.3, -0.25) is 9.59 Å². The van der Waals surface area contributed by atoms with Crippen molar-refractivity contribution in [2.75, 3.05) is 10.6 Å². The van der Waals surface area contributed by atoms with Gasteiger partial charge in [0.15, 0.2) is 0 Å². The minimum atomic E-state index is -0.474. The smallest absolute Gasteiger partial charge is 0.248 e. The molecule has 5 nitrogen and oxygen atoms in total. The van der Waals surface area contributed by atoms with Crippen LogP contribution in [0.5, 0.6) is 0 Å². The fourth-order valence-electron chi connectivity index (χ4n) is 2.12. The topological polar surface area (TPSA) is 84.2 Å². The molecule has 0 aliphatic heterocycles. The minimum absolute atomic E-state index is 0.131. The highest BCUT2D eigenvalue weighted by Crippen LogP contribution is 2.13. The number of hydrogen-bond acceptors (Lipinski definition) is 3. The molecule has 0 saturated heterocycles. The number of amides is 2. The average Bonchev–Trinajstić information content (AvgIpc) is 2.56. The van der Waals surface area contributed by atoms with Crippen LogP contribution in [-0.2, 0) is 11.2 Å². The Morgan fingerprint density at radius 1 is 1.00 bits per heavy atom. The number of carbonyl (C=O) groups excluding carboxylic acids is 2. The Morgan fingerprint density at radius 2 is 1.57 bits per heavy atom. The fraction of sp³-hybridized carbons (Fsp3) is 0.222. The summed E-state index contributed by atoms with van der Waals surface area (Å²) in [5.41, 5.74) is 8.37. The molecular formula is C18H21N3O2. The van der Waals surface area contributed by atoms with Crippen LogP contribution in [0.15, 0.2) is 48.5 Å². The fourth-order valence-corrected chi connectivity index (χ4v) is 2.12. The average molecular weight is 311 g/mol. The van der Waals surface area contributed by atoms with E-state index in [9.17, 15) is 9.59 Å². The number of rotatable bonds is 6. The molecule has 0 unspecified atom stereocenters. The van der Waals surface area contributed by atoms with Crippen molar-refractivity contribution >= 4 is 23.2 Å². The molecule has 2 aromatic carbocycles. The second-order valence-corrected chi connectivity index (χ2v) is 5.35. The molecule has 0 spiro atoms. The third kappa shape index (κ3) is 4.57. The van der Waals surface area contributed by atoms with Crippen LogP contribution in [0.1, 0.15) is 29.8 Å². The molecule has 0 radical (unpaired) electrons. The van der Waals surface area contributed by atoms with E-state index < -0.39 is 11.9 Å². The standard InChI is InChI=1S/C18H21N3O2/c1-3-13-4-8-16(9-5-13)21-18(23)12(2)20-15-10-6-14(7-11-15)17(19)22/h4-12,20H,3H2,1-2H3,(H2,19,22)(H,21,23)/t12-/m0/s1. The van der Waals surface area contributed by atoms with Crippen LogP contribution in [-0.4, -0.2) is 17.9 Å². The number of nitrogens with two attached hydrogens (primary N) is 1. The molecule has 5 heteroatoms. The molecule has 0 bridgehead atoms. The quantitative estimate of drug-likeness (QED) is 0.767. The van der Waals surface area contributed by atoms with Gasteiger partial charge in [0.2, 0.25) is 11.8 Å². The number of anilines is 2. The van der Waals surface area contributed by atoms with E-state index in [1.165, 1.54) is 5.56 Å². The first kappa shape index (κ1) is 16.5. The highest BCUT2D eigenvalue weighted by atomic mass is 16.2. The number of carbonyl (C=O) groups is 2. The summed E-state index contributed by atoms with van der Waals surface area (Å²) in [4.78, 5) is 23.2. The lowest BCUT2D eigenvalue weighted by Crippen LogP contribution is -2.31. The van der Waals surface area contributed by atoms with Crippen LogP contribution < -0.4 is 16.4 Å². The van der Waals surface area contributed by atoms with E-state index in [1.807, 2.05) is 24.3 Å². The van der Waals surface area contributed by atoms with Gasteiger partial charge in [0.05, 0.1) is 0 Å². The third-order valence-electron chi connectivity index (χ3n) is 3.58. The van der Waals surface area contributed by atoms with Crippen LogP contribution >= 0.6 is 0 Å². The van der Waals surface area contributed by atoms with E-state index in [1.54, 1.807) is 31.2 Å². The Labute approximate surface area is 135 Å². The lowest BCUT2D eigenvalue weighted by atomic mass is 10.1. The van der Waals surface area contributed by atoms with E-state index in [2.05, 4.69) is 17.6 Å². The molecule has 0 aliphatic rings. The summed E-state index contributed by atoms with van der Waals surface area (Å²) >= 11 is 0. The maximum atomic E-state index is 12.2. The monoisotopic (exact) mass is 311 g/mol. The van der Waals surface area contributed by atoms with Gasteiger partial charge in [-0.2, -0.15) is 0 Å². The Bertz CT molecular complexity index is 678. The third-order valence-corrected chi connectivity index (χ3v) is 3.58. The number of hydrogen-bond donors (Lipinski definition) is 3. The summed E-state index contributed by atoms with van der Waals surface area (Å²) in [7, 11) is 0. The molecule has 1 atom stereocenters. The summed E-state index contributed by atoms with van der Waals surface area (Å²) < 4.78 is 0. The van der Waals surface area contributed by atoms with Gasteiger partial charge in [0, 0.05) is 16.9 Å². The SMILES string of the molecule is CCc1ccc(NC(=O)[C@H](C)Nc2ccc(C(N)=O)cc2)cc1. The number of primary amides is 1. The van der Waals surface area contributed by atoms with Gasteiger partial charge in [-0.25, -0.2) is 0 Å². The van der Waals surface area contributed by atoms with Crippen molar-refractivity contribution in [2.24, 2.45) is 5.73 Å². The predicted octanol–water partition coefficient (Wildman–Crippen LogP) is 2.79. The first-order chi connectivity index (χ1) is 11.0. The van der Waals surface area contributed by atoms with Crippen LogP contribution in [0.25, 0.3) is 0 Å². The van der Waals surface area contributed by atoms with Crippen molar-refractivity contribution in [3.8, 4) is 0 Å². The first-order valence-corrected chi connectivity index (χ1v) is 7.56. The van der Waals surface area contributed by atoms with Crippen molar-refractivity contribution in [3.05, 3.63) is 59.7 Å². The molecule has 23 heavy (non-hydrogen) atoms. The molecule has 0 saturated carbocycles. The summed E-state index contributed by atoms with van der Waals surface area (Å²) in [6.45, 7) is 3.86. The van der Waals surface area contributed by atoms with Crippen LogP contribution in [0.2, 0.25) is 0 Å². The van der Waals surface area contributed by atoms with Crippen molar-refractivity contribution in [1.29, 1.82) is 0 Å². The second-order valence-electron chi connectivity index (χ2n) is 5.35. The molecule has 0 heterocycles. The molecule has 2 aromatic rings. The van der Waals surface area contributed by atoms with E-state index in [0.717, 1.165) is 17.8 Å². The second kappa shape index (κ2) is 7.45. The van der Waals surface area contributed by atoms with Crippen molar-refractivity contribution in [2.45, 2.75) is 26.3 Å². The molecule has 0 aliphatic carbocycles. The lowest BCUT2D eigenvalue weighted by molar-refractivity contribution is -0.116. The maximum Gasteiger partial charge on any atom is 0.248 e. The van der Waals surface area contributed by atoms with Crippen LogP contribution in [0.4, 0.5) is 11.4 Å². The normalized spacial score (nSPS) is 11.6. The molecule has 120 valence electrons. The van der Waals surface area contributed by atoms with Crippen molar-refractivity contribution in [3.63, 3.8) is 0 Å². The highest BCUT2D eigenvalue weighted by molar-refractivity contribution is 5.96. The Hall–Kier alpha value is -2.82. The van der Waals surface area contributed by atoms with Gasteiger partial charge in [-0.15, -0.1) is 0 Å². The molecule has 0 aromatic heterocycles. The zero-order valence-electron chi connectivity index (χ0n) is 13.3. The Morgan fingerprint density at radius 3 is 2.09 bits per heavy atom. The highest BCUT2D eigenvalue weighted by Gasteiger charge is 2.13. The zero-order valence-corrected chi connectivity index (χ0v) is 13.3. The maximum absolute atomic E-state index is 12.2. The van der Waals surface area contributed by atoms with Crippen molar-refractivity contribution in [1.82, 2.24) is 0 Å². The van der Waals surface area contributed by atoms with E-state index >= 15 is 0 Å². The molecule has 2 amide bonds. The molecular weight excluding hydrogens is 290 g/mol. The Kier molecular flexibility index (Phi) is 5.36. The van der Waals surface area contributed by atoms with E-state index in [4.69, 9.17) is 5.73 Å². The predicted molar refractivity (Wildman–Crippen MR) is 92.5 cm³/mol. The number of benzene rings is 2. The van der Waals surface area contributed by atoms with Gasteiger partial charge in [-0.1, -0.05) is 19.1 Å². The van der Waals surface area contributed by atoms with Crippen molar-refractivity contribution < 1.29 is 9.59 Å². The van der Waals surface area contributed by atoms with E-state index in [0.29, 0.717) is 5.56 Å². The zero-order chi connectivity index (χ0) is 16.8. The largest absolute Gasteiger partial charge is 0.374 e. The first-order valence-electron chi connectivity index (χ1n) is 7.56. The van der Waals surface area contributed by atoms with Crippen LogP contribution in [0, 0.1) is 0 Å². The molecule has 0 fully saturated rings. The summed E-state index contributed by atoms with van der Waals surface area (Å²) in [6, 6.07) is 14.1. The summed E-state index contributed by atoms with van der Waals surface area (Å²) in [6.07, 6.45) is 0.966. The van der Waals surface area contributed by atoms with E-state index in [-0.39, 0.29) is 5.91 Å². The summed E-state index contributed by atoms with van der Waals surface area (Å²) in [5, 5.41) is 5.95. The van der Waals surface area contributed by atoms with Gasteiger partial charge in [0.25, 0.3) is 0 Å². The summed E-state index contributed by atoms with van der Waals surface area (Å²) in [5.74, 6) is -0.605. The molecule has 2 rings (SSSR count). The van der Waals surface area contributed by atoms with Gasteiger partial charge in [0.1, 0.15) is 6.04 Å². The van der Waals surface area contributed by atoms with Gasteiger partial charge in [-0.05, 0) is 55.3 Å². The van der Waals surface area contributed by atoms with Gasteiger partial charge < -0.3 is 16.4 Å². The van der Waals surface area contributed by atoms with Crippen LogP contribution in [0.3, 0.4) is 0 Å².